The molecule has 0 radical (unpaired) electrons. The zero-order valence-electron chi connectivity index (χ0n) is 8.89. The van der Waals surface area contributed by atoms with Crippen LogP contribution < -0.4 is 5.69 Å². The molecule has 0 unspecified atom stereocenters. The number of hydrogen-bond acceptors (Lipinski definition) is 4. The van der Waals surface area contributed by atoms with E-state index in [2.05, 4.69) is 15.1 Å². The summed E-state index contributed by atoms with van der Waals surface area (Å²) in [6.45, 7) is 0.279. The van der Waals surface area contributed by atoms with Gasteiger partial charge in [-0.2, -0.15) is 0 Å². The van der Waals surface area contributed by atoms with E-state index in [0.29, 0.717) is 11.5 Å². The normalized spacial score (nSPS) is 10.8. The van der Waals surface area contributed by atoms with Crippen molar-refractivity contribution in [2.75, 3.05) is 0 Å². The molecule has 0 saturated heterocycles. The van der Waals surface area contributed by atoms with Gasteiger partial charge in [-0.1, -0.05) is 6.07 Å². The Hall–Kier alpha value is -2.50. The minimum absolute atomic E-state index is 0.187. The van der Waals surface area contributed by atoms with Crippen LogP contribution in [-0.2, 0) is 6.54 Å². The van der Waals surface area contributed by atoms with Gasteiger partial charge in [0.2, 0.25) is 0 Å². The molecule has 6 heteroatoms. The molecule has 0 amide bonds. The van der Waals surface area contributed by atoms with E-state index in [1.54, 1.807) is 36.8 Å². The highest BCUT2D eigenvalue weighted by molar-refractivity contribution is 5.35. The SMILES string of the molecule is O=c1n(Cc2ncccn2)nc2ccccn12. The minimum Gasteiger partial charge on any atom is -0.250 e. The molecule has 3 heterocycles. The second kappa shape index (κ2) is 3.82. The third-order valence-electron chi connectivity index (χ3n) is 2.40. The summed E-state index contributed by atoms with van der Waals surface area (Å²) in [5.74, 6) is 0.568. The predicted octanol–water partition coefficient (Wildman–Crippen LogP) is 0.334. The van der Waals surface area contributed by atoms with Crippen LogP contribution in [0.15, 0.2) is 47.7 Å². The third kappa shape index (κ3) is 1.69. The molecule has 0 bridgehead atoms. The zero-order valence-corrected chi connectivity index (χ0v) is 8.89. The van der Waals surface area contributed by atoms with E-state index in [1.807, 2.05) is 6.07 Å². The Kier molecular flexibility index (Phi) is 2.18. The quantitative estimate of drug-likeness (QED) is 0.633. The Balaban J connectivity index is 2.07. The van der Waals surface area contributed by atoms with E-state index in [1.165, 1.54) is 9.08 Å². The van der Waals surface area contributed by atoms with Crippen LogP contribution in [0.3, 0.4) is 0 Å². The summed E-state index contributed by atoms with van der Waals surface area (Å²) < 4.78 is 2.84. The molecule has 0 aromatic carbocycles. The number of hydrogen-bond donors (Lipinski definition) is 0. The van der Waals surface area contributed by atoms with Gasteiger partial charge in [-0.15, -0.1) is 5.10 Å². The van der Waals surface area contributed by atoms with Crippen LogP contribution in [0, 0.1) is 0 Å². The Morgan fingerprint density at radius 3 is 2.71 bits per heavy atom. The molecule has 0 N–H and O–H groups in total. The van der Waals surface area contributed by atoms with Crippen molar-refractivity contribution in [3.8, 4) is 0 Å². The van der Waals surface area contributed by atoms with Gasteiger partial charge in [0.25, 0.3) is 0 Å². The molecule has 0 spiro atoms. The first-order valence-corrected chi connectivity index (χ1v) is 5.15. The van der Waals surface area contributed by atoms with Gasteiger partial charge in [-0.3, -0.25) is 4.40 Å². The molecule has 0 atom stereocenters. The molecule has 0 aliphatic carbocycles. The van der Waals surface area contributed by atoms with Crippen molar-refractivity contribution < 1.29 is 0 Å². The van der Waals surface area contributed by atoms with E-state index >= 15 is 0 Å². The topological polar surface area (TPSA) is 65.1 Å². The Bertz CT molecular complexity index is 700. The highest BCUT2D eigenvalue weighted by atomic mass is 16.2. The van der Waals surface area contributed by atoms with E-state index in [9.17, 15) is 4.79 Å². The van der Waals surface area contributed by atoms with Crippen molar-refractivity contribution in [1.82, 2.24) is 24.1 Å². The van der Waals surface area contributed by atoms with E-state index in [4.69, 9.17) is 0 Å². The van der Waals surface area contributed by atoms with Crippen molar-refractivity contribution in [3.05, 3.63) is 59.2 Å². The van der Waals surface area contributed by atoms with Gasteiger partial charge in [0.1, 0.15) is 12.4 Å². The van der Waals surface area contributed by atoms with Crippen molar-refractivity contribution >= 4 is 5.65 Å². The summed E-state index contributed by atoms with van der Waals surface area (Å²) in [4.78, 5) is 20.1. The van der Waals surface area contributed by atoms with E-state index in [-0.39, 0.29) is 12.2 Å². The van der Waals surface area contributed by atoms with E-state index in [0.717, 1.165) is 0 Å². The fraction of sp³-hybridized carbons (Fsp3) is 0.0909. The molecule has 0 aliphatic heterocycles. The van der Waals surface area contributed by atoms with Gasteiger partial charge in [0.15, 0.2) is 5.65 Å². The lowest BCUT2D eigenvalue weighted by Gasteiger charge is -1.96. The average molecular weight is 227 g/mol. The summed E-state index contributed by atoms with van der Waals surface area (Å²) in [6.07, 6.45) is 4.97. The predicted molar refractivity (Wildman–Crippen MR) is 60.6 cm³/mol. The molecule has 6 nitrogen and oxygen atoms in total. The summed E-state index contributed by atoms with van der Waals surface area (Å²) in [7, 11) is 0. The second-order valence-corrected chi connectivity index (χ2v) is 3.53. The molecule has 3 rings (SSSR count). The first kappa shape index (κ1) is 9.71. The number of pyridine rings is 1. The smallest absolute Gasteiger partial charge is 0.250 e. The van der Waals surface area contributed by atoms with Crippen LogP contribution in [0.2, 0.25) is 0 Å². The van der Waals surface area contributed by atoms with Crippen LogP contribution in [0.25, 0.3) is 5.65 Å². The average Bonchev–Trinajstić information content (AvgIpc) is 2.68. The Labute approximate surface area is 96.2 Å². The maximum absolute atomic E-state index is 11.9. The molecule has 84 valence electrons. The molecule has 3 aromatic heterocycles. The van der Waals surface area contributed by atoms with Crippen LogP contribution in [0.1, 0.15) is 5.82 Å². The van der Waals surface area contributed by atoms with Crippen molar-refractivity contribution in [2.24, 2.45) is 0 Å². The van der Waals surface area contributed by atoms with Gasteiger partial charge < -0.3 is 0 Å². The van der Waals surface area contributed by atoms with Gasteiger partial charge in [0.05, 0.1) is 0 Å². The molecule has 0 aliphatic rings. The minimum atomic E-state index is -0.187. The van der Waals surface area contributed by atoms with Crippen LogP contribution >= 0.6 is 0 Å². The van der Waals surface area contributed by atoms with Gasteiger partial charge in [-0.25, -0.2) is 19.4 Å². The summed E-state index contributed by atoms with van der Waals surface area (Å²) in [6, 6.07) is 7.14. The molecular weight excluding hydrogens is 218 g/mol. The summed E-state index contributed by atoms with van der Waals surface area (Å²) >= 11 is 0. The molecule has 17 heavy (non-hydrogen) atoms. The Morgan fingerprint density at radius 2 is 1.94 bits per heavy atom. The number of rotatable bonds is 2. The highest BCUT2D eigenvalue weighted by Crippen LogP contribution is 1.96. The lowest BCUT2D eigenvalue weighted by Crippen LogP contribution is -2.22. The molecular formula is C11H9N5O. The first-order valence-electron chi connectivity index (χ1n) is 5.15. The number of nitrogens with zero attached hydrogens (tertiary/aromatic N) is 5. The Morgan fingerprint density at radius 1 is 1.12 bits per heavy atom. The fourth-order valence-corrected chi connectivity index (χ4v) is 1.62. The summed E-state index contributed by atoms with van der Waals surface area (Å²) in [5, 5.41) is 4.19. The molecule has 3 aromatic rings. The standard InChI is InChI=1S/C11H9N5O/c17-11-15-7-2-1-4-10(15)14-16(11)8-9-12-5-3-6-13-9/h1-7H,8H2. The second-order valence-electron chi connectivity index (χ2n) is 3.53. The van der Waals surface area contributed by atoms with Crippen LogP contribution in [0.4, 0.5) is 0 Å². The molecule has 0 saturated carbocycles. The van der Waals surface area contributed by atoms with Crippen molar-refractivity contribution in [1.29, 1.82) is 0 Å². The van der Waals surface area contributed by atoms with Crippen molar-refractivity contribution in [3.63, 3.8) is 0 Å². The van der Waals surface area contributed by atoms with Crippen molar-refractivity contribution in [2.45, 2.75) is 6.54 Å². The number of fused-ring (bicyclic) bond motifs is 1. The lowest BCUT2D eigenvalue weighted by molar-refractivity contribution is 0.631. The number of aromatic nitrogens is 5. The van der Waals surface area contributed by atoms with Gasteiger partial charge in [0, 0.05) is 18.6 Å². The monoisotopic (exact) mass is 227 g/mol. The fourth-order valence-electron chi connectivity index (χ4n) is 1.62. The van der Waals surface area contributed by atoms with Crippen LogP contribution in [-0.4, -0.2) is 24.1 Å². The largest absolute Gasteiger partial charge is 0.350 e. The first-order chi connectivity index (χ1) is 8.34. The zero-order chi connectivity index (χ0) is 11.7. The maximum atomic E-state index is 11.9. The molecule has 0 fully saturated rings. The van der Waals surface area contributed by atoms with Crippen LogP contribution in [0.5, 0.6) is 0 Å². The lowest BCUT2D eigenvalue weighted by atomic mass is 10.5. The third-order valence-corrected chi connectivity index (χ3v) is 2.40. The van der Waals surface area contributed by atoms with Gasteiger partial charge in [-0.05, 0) is 18.2 Å². The van der Waals surface area contributed by atoms with Gasteiger partial charge >= 0.3 is 5.69 Å². The summed E-state index contributed by atoms with van der Waals surface area (Å²) in [5.41, 5.74) is 0.432. The maximum Gasteiger partial charge on any atom is 0.350 e. The highest BCUT2D eigenvalue weighted by Gasteiger charge is 2.06. The van der Waals surface area contributed by atoms with E-state index < -0.39 is 0 Å².